The highest BCUT2D eigenvalue weighted by molar-refractivity contribution is 5.76. The van der Waals surface area contributed by atoms with Crippen molar-refractivity contribution < 1.29 is 13.9 Å². The predicted molar refractivity (Wildman–Crippen MR) is 85.6 cm³/mol. The molecule has 1 aromatic carbocycles. The van der Waals surface area contributed by atoms with Gasteiger partial charge in [0.15, 0.2) is 0 Å². The number of esters is 1. The fraction of sp³-hybridized carbons (Fsp3) is 0.444. The van der Waals surface area contributed by atoms with Crippen LogP contribution in [-0.2, 0) is 22.7 Å². The largest absolute Gasteiger partial charge is 0.460 e. The molecule has 1 saturated heterocycles. The Bertz CT molecular complexity index is 647. The van der Waals surface area contributed by atoms with Crippen LogP contribution in [0.15, 0.2) is 34.7 Å². The molecule has 0 aliphatic carbocycles. The fourth-order valence-corrected chi connectivity index (χ4v) is 2.89. The van der Waals surface area contributed by atoms with E-state index in [4.69, 9.17) is 9.15 Å². The smallest absolute Gasteiger partial charge is 0.323 e. The summed E-state index contributed by atoms with van der Waals surface area (Å²) >= 11 is 0. The van der Waals surface area contributed by atoms with Crippen molar-refractivity contribution in [1.82, 2.24) is 9.88 Å². The molecule has 0 spiro atoms. The number of aromatic nitrogens is 1. The van der Waals surface area contributed by atoms with Crippen LogP contribution in [0, 0.1) is 13.8 Å². The van der Waals surface area contributed by atoms with Crippen LogP contribution in [0.1, 0.15) is 35.7 Å². The number of hydrogen-bond acceptors (Lipinski definition) is 5. The molecule has 0 unspecified atom stereocenters. The fourth-order valence-electron chi connectivity index (χ4n) is 2.89. The summed E-state index contributed by atoms with van der Waals surface area (Å²) in [5.41, 5.74) is 1.91. The van der Waals surface area contributed by atoms with Gasteiger partial charge in [-0.2, -0.15) is 0 Å². The van der Waals surface area contributed by atoms with E-state index in [1.165, 1.54) is 0 Å². The lowest BCUT2D eigenvalue weighted by Gasteiger charge is -2.21. The third-order valence-corrected chi connectivity index (χ3v) is 4.27. The number of ether oxygens (including phenoxy) is 1. The molecule has 1 aromatic heterocycles. The van der Waals surface area contributed by atoms with Gasteiger partial charge in [0, 0.05) is 0 Å². The standard InChI is InChI=1S/C18H22N2O3/c1-13-14(2)23-17(19-13)11-20-10-6-9-16(20)18(21)22-12-15-7-4-3-5-8-15/h3-5,7-8,16H,6,9-12H2,1-2H3/t16-/m0/s1. The summed E-state index contributed by atoms with van der Waals surface area (Å²) in [6.07, 6.45) is 1.82. The molecule has 5 heteroatoms. The van der Waals surface area contributed by atoms with Crippen LogP contribution < -0.4 is 0 Å². The normalized spacial score (nSPS) is 18.3. The van der Waals surface area contributed by atoms with E-state index in [1.807, 2.05) is 44.2 Å². The average molecular weight is 314 g/mol. The van der Waals surface area contributed by atoms with E-state index in [1.54, 1.807) is 0 Å². The number of nitrogens with zero attached hydrogens (tertiary/aromatic N) is 2. The summed E-state index contributed by atoms with van der Waals surface area (Å²) in [6.45, 7) is 5.58. The summed E-state index contributed by atoms with van der Waals surface area (Å²) in [5.74, 6) is 1.34. The van der Waals surface area contributed by atoms with Gasteiger partial charge in [-0.1, -0.05) is 30.3 Å². The number of oxazole rings is 1. The highest BCUT2D eigenvalue weighted by Gasteiger charge is 2.32. The van der Waals surface area contributed by atoms with Gasteiger partial charge in [-0.25, -0.2) is 4.98 Å². The lowest BCUT2D eigenvalue weighted by atomic mass is 10.2. The molecule has 5 nitrogen and oxygen atoms in total. The monoisotopic (exact) mass is 314 g/mol. The van der Waals surface area contributed by atoms with E-state index < -0.39 is 0 Å². The number of aryl methyl sites for hydroxylation is 2. The minimum Gasteiger partial charge on any atom is -0.460 e. The number of carbonyl (C=O) groups is 1. The zero-order valence-corrected chi connectivity index (χ0v) is 13.6. The molecule has 23 heavy (non-hydrogen) atoms. The molecule has 1 atom stereocenters. The van der Waals surface area contributed by atoms with Crippen LogP contribution in [-0.4, -0.2) is 28.4 Å². The first-order valence-corrected chi connectivity index (χ1v) is 8.01. The topological polar surface area (TPSA) is 55.6 Å². The van der Waals surface area contributed by atoms with Gasteiger partial charge in [-0.15, -0.1) is 0 Å². The molecule has 1 aliphatic heterocycles. The quantitative estimate of drug-likeness (QED) is 0.794. The zero-order valence-electron chi connectivity index (χ0n) is 13.6. The van der Waals surface area contributed by atoms with Crippen molar-refractivity contribution >= 4 is 5.97 Å². The Morgan fingerprint density at radius 2 is 2.13 bits per heavy atom. The van der Waals surface area contributed by atoms with Gasteiger partial charge in [-0.05, 0) is 38.8 Å². The third-order valence-electron chi connectivity index (χ3n) is 4.27. The van der Waals surface area contributed by atoms with E-state index in [-0.39, 0.29) is 12.0 Å². The van der Waals surface area contributed by atoms with Crippen molar-refractivity contribution in [1.29, 1.82) is 0 Å². The number of hydrogen-bond donors (Lipinski definition) is 0. The molecule has 1 aliphatic rings. The molecule has 122 valence electrons. The minimum absolute atomic E-state index is 0.161. The molecule has 0 saturated carbocycles. The molecule has 3 rings (SSSR count). The highest BCUT2D eigenvalue weighted by atomic mass is 16.5. The van der Waals surface area contributed by atoms with Crippen LogP contribution in [0.25, 0.3) is 0 Å². The van der Waals surface area contributed by atoms with E-state index in [2.05, 4.69) is 9.88 Å². The van der Waals surface area contributed by atoms with Gasteiger partial charge >= 0.3 is 5.97 Å². The van der Waals surface area contributed by atoms with Crippen molar-refractivity contribution in [3.05, 3.63) is 53.2 Å². The Morgan fingerprint density at radius 3 is 2.83 bits per heavy atom. The second-order valence-electron chi connectivity index (χ2n) is 5.97. The van der Waals surface area contributed by atoms with Gasteiger partial charge in [0.05, 0.1) is 12.2 Å². The van der Waals surface area contributed by atoms with Crippen LogP contribution >= 0.6 is 0 Å². The lowest BCUT2D eigenvalue weighted by Crippen LogP contribution is -2.36. The van der Waals surface area contributed by atoms with Crippen LogP contribution in [0.4, 0.5) is 0 Å². The van der Waals surface area contributed by atoms with Gasteiger partial charge in [0.1, 0.15) is 18.4 Å². The van der Waals surface area contributed by atoms with Gasteiger partial charge in [-0.3, -0.25) is 9.69 Å². The lowest BCUT2D eigenvalue weighted by molar-refractivity contribution is -0.150. The van der Waals surface area contributed by atoms with Crippen molar-refractivity contribution in [3.63, 3.8) is 0 Å². The first-order valence-electron chi connectivity index (χ1n) is 8.01. The predicted octanol–water partition coefficient (Wildman–Crippen LogP) is 3.00. The van der Waals surface area contributed by atoms with Crippen molar-refractivity contribution in [2.45, 2.75) is 45.9 Å². The first kappa shape index (κ1) is 15.7. The Morgan fingerprint density at radius 1 is 1.35 bits per heavy atom. The third kappa shape index (κ3) is 3.79. The summed E-state index contributed by atoms with van der Waals surface area (Å²) in [6, 6.07) is 9.54. The second kappa shape index (κ2) is 6.96. The first-order chi connectivity index (χ1) is 11.1. The van der Waals surface area contributed by atoms with Gasteiger partial charge in [0.2, 0.25) is 5.89 Å². The SMILES string of the molecule is Cc1nc(CN2CCC[C@H]2C(=O)OCc2ccccc2)oc1C. The van der Waals surface area contributed by atoms with Gasteiger partial charge in [0.25, 0.3) is 0 Å². The zero-order chi connectivity index (χ0) is 16.2. The molecule has 2 aromatic rings. The number of likely N-dealkylation sites (tertiary alicyclic amines) is 1. The van der Waals surface area contributed by atoms with Crippen molar-refractivity contribution in [2.24, 2.45) is 0 Å². The van der Waals surface area contributed by atoms with E-state index in [0.717, 1.165) is 36.4 Å². The molecule has 2 heterocycles. The molecule has 0 amide bonds. The summed E-state index contributed by atoms with van der Waals surface area (Å²) < 4.78 is 11.1. The van der Waals surface area contributed by atoms with Crippen LogP contribution in [0.2, 0.25) is 0 Å². The van der Waals surface area contributed by atoms with Crippen molar-refractivity contribution in [3.8, 4) is 0 Å². The maximum absolute atomic E-state index is 12.4. The summed E-state index contributed by atoms with van der Waals surface area (Å²) in [4.78, 5) is 18.9. The second-order valence-corrected chi connectivity index (χ2v) is 5.97. The molecule has 0 bridgehead atoms. The van der Waals surface area contributed by atoms with E-state index in [9.17, 15) is 4.79 Å². The van der Waals surface area contributed by atoms with E-state index in [0.29, 0.717) is 19.0 Å². The van der Waals surface area contributed by atoms with Crippen molar-refractivity contribution in [2.75, 3.05) is 6.54 Å². The highest BCUT2D eigenvalue weighted by Crippen LogP contribution is 2.22. The molecule has 1 fully saturated rings. The van der Waals surface area contributed by atoms with Crippen LogP contribution in [0.5, 0.6) is 0 Å². The Balaban J connectivity index is 1.58. The Kier molecular flexibility index (Phi) is 4.76. The minimum atomic E-state index is -0.203. The Labute approximate surface area is 136 Å². The molecule has 0 N–H and O–H groups in total. The average Bonchev–Trinajstić information content (AvgIpc) is 3.13. The molecule has 0 radical (unpaired) electrons. The van der Waals surface area contributed by atoms with E-state index >= 15 is 0 Å². The maximum atomic E-state index is 12.4. The van der Waals surface area contributed by atoms with Gasteiger partial charge < -0.3 is 9.15 Å². The number of rotatable bonds is 5. The maximum Gasteiger partial charge on any atom is 0.323 e. The number of benzene rings is 1. The Hall–Kier alpha value is -2.14. The molecular formula is C18H22N2O3. The summed E-state index contributed by atoms with van der Waals surface area (Å²) in [7, 11) is 0. The molecular weight excluding hydrogens is 292 g/mol. The summed E-state index contributed by atoms with van der Waals surface area (Å²) in [5, 5.41) is 0. The number of carbonyl (C=O) groups excluding carboxylic acids is 1. The van der Waals surface area contributed by atoms with Crippen LogP contribution in [0.3, 0.4) is 0 Å².